The number of rotatable bonds is 3. The lowest BCUT2D eigenvalue weighted by atomic mass is 9.83. The predicted octanol–water partition coefficient (Wildman–Crippen LogP) is 10.4. The van der Waals surface area contributed by atoms with Gasteiger partial charge in [-0.05, 0) is 53.6 Å². The number of fused-ring (bicyclic) bond motifs is 10. The van der Waals surface area contributed by atoms with E-state index in [4.69, 9.17) is 15.0 Å². The molecule has 4 heteroatoms. The van der Waals surface area contributed by atoms with Crippen LogP contribution in [-0.2, 0) is 0 Å². The van der Waals surface area contributed by atoms with Gasteiger partial charge in [-0.2, -0.15) is 0 Å². The zero-order valence-corrected chi connectivity index (χ0v) is 26.3. The Bertz CT molecular complexity index is 3100. The molecule has 4 nitrogen and oxygen atoms in total. The van der Waals surface area contributed by atoms with Crippen molar-refractivity contribution in [3.8, 4) is 44.6 Å². The van der Waals surface area contributed by atoms with Crippen molar-refractivity contribution in [2.24, 2.45) is 9.98 Å². The maximum Gasteiger partial charge on any atom is 0.0817 e. The van der Waals surface area contributed by atoms with Crippen LogP contribution in [0.2, 0.25) is 0 Å². The molecule has 1 N–H and O–H groups in total. The van der Waals surface area contributed by atoms with E-state index >= 15 is 0 Å². The zero-order chi connectivity index (χ0) is 32.1. The molecule has 0 aliphatic carbocycles. The van der Waals surface area contributed by atoms with Crippen LogP contribution in [0, 0.1) is 10.4 Å². The number of pyridine rings is 1. The Morgan fingerprint density at radius 2 is 1.27 bits per heavy atom. The largest absolute Gasteiger partial charge is 0.354 e. The van der Waals surface area contributed by atoms with Crippen LogP contribution in [0.3, 0.4) is 0 Å². The Hall–Kier alpha value is -6.65. The summed E-state index contributed by atoms with van der Waals surface area (Å²) < 4.78 is 0. The van der Waals surface area contributed by atoms with Crippen LogP contribution in [0.15, 0.2) is 162 Å². The minimum Gasteiger partial charge on any atom is -0.354 e. The number of hydrogen-bond acceptors (Lipinski definition) is 3. The van der Waals surface area contributed by atoms with E-state index in [-0.39, 0.29) is 0 Å². The fraction of sp³-hybridized carbons (Fsp3) is 0. The number of para-hydroxylation sites is 3. The number of nitrogens with zero attached hydrogens (tertiary/aromatic N) is 3. The van der Waals surface area contributed by atoms with Gasteiger partial charge in [-0.1, -0.05) is 109 Å². The summed E-state index contributed by atoms with van der Waals surface area (Å²) >= 11 is 0. The van der Waals surface area contributed by atoms with Crippen LogP contribution in [0.4, 0.5) is 11.4 Å². The summed E-state index contributed by atoms with van der Waals surface area (Å²) in [7, 11) is 0. The predicted molar refractivity (Wildman–Crippen MR) is 199 cm³/mol. The molecule has 0 saturated carbocycles. The van der Waals surface area contributed by atoms with Crippen LogP contribution in [0.25, 0.3) is 77.3 Å². The van der Waals surface area contributed by atoms with E-state index in [0.29, 0.717) is 0 Å². The number of aromatic nitrogens is 2. The molecule has 11 rings (SSSR count). The van der Waals surface area contributed by atoms with Gasteiger partial charge in [-0.15, -0.1) is 0 Å². The first kappa shape index (κ1) is 26.4. The third-order valence-electron chi connectivity index (χ3n) is 10.1. The number of aromatic amines is 1. The van der Waals surface area contributed by atoms with Crippen LogP contribution >= 0.6 is 0 Å². The molecule has 49 heavy (non-hydrogen) atoms. The third-order valence-corrected chi connectivity index (χ3v) is 10.1. The molecule has 0 spiro atoms. The van der Waals surface area contributed by atoms with Gasteiger partial charge in [-0.3, -0.25) is 0 Å². The molecule has 2 aliphatic heterocycles. The van der Waals surface area contributed by atoms with E-state index in [1.54, 1.807) is 0 Å². The number of H-pyrrole nitrogens is 1. The fourth-order valence-corrected chi connectivity index (χ4v) is 7.97. The highest BCUT2D eigenvalue weighted by Gasteiger charge is 2.29. The van der Waals surface area contributed by atoms with E-state index < -0.39 is 0 Å². The number of hydrogen-bond donors (Lipinski definition) is 1. The van der Waals surface area contributed by atoms with Crippen molar-refractivity contribution in [3.63, 3.8) is 0 Å². The topological polar surface area (TPSA) is 53.4 Å². The Morgan fingerprint density at radius 3 is 2.22 bits per heavy atom. The highest BCUT2D eigenvalue weighted by Crippen LogP contribution is 2.53. The van der Waals surface area contributed by atoms with Crippen LogP contribution in [0.5, 0.6) is 0 Å². The maximum absolute atomic E-state index is 5.26. The monoisotopic (exact) mass is 622 g/mol. The molecule has 226 valence electrons. The van der Waals surface area contributed by atoms with Crippen molar-refractivity contribution < 1.29 is 0 Å². The summed E-state index contributed by atoms with van der Waals surface area (Å²) in [5.41, 5.74) is 13.8. The van der Waals surface area contributed by atoms with E-state index in [1.165, 1.54) is 10.8 Å². The van der Waals surface area contributed by atoms with Gasteiger partial charge in [0, 0.05) is 59.9 Å². The lowest BCUT2D eigenvalue weighted by Gasteiger charge is -2.20. The lowest BCUT2D eigenvalue weighted by molar-refractivity contribution is 1.36. The van der Waals surface area contributed by atoms with Crippen molar-refractivity contribution in [2.75, 3.05) is 0 Å². The lowest BCUT2D eigenvalue weighted by Crippen LogP contribution is -2.02. The molecular formula is C45H26N4. The fourth-order valence-electron chi connectivity index (χ4n) is 7.97. The molecule has 7 aromatic carbocycles. The van der Waals surface area contributed by atoms with Crippen molar-refractivity contribution in [2.45, 2.75) is 0 Å². The standard InChI is InChI=1S/C45H26N4/c1-2-10-26(11-3-1)28-21-24-38-42(43-39(47-38)25-22-32-30-14-6-9-17-36(30)49-45(32)43)40(28)41-33(37-23-18-27-12-4-7-15-34(27)46-37)20-19-31-29-13-5-8-16-35(29)48-44(31)41/h1-25,48H. The Balaban J connectivity index is 1.33. The van der Waals surface area contributed by atoms with Crippen molar-refractivity contribution >= 4 is 44.1 Å². The Labute approximate surface area is 280 Å². The summed E-state index contributed by atoms with van der Waals surface area (Å²) in [6.07, 6.45) is 0. The summed E-state index contributed by atoms with van der Waals surface area (Å²) in [6.45, 7) is 0. The first-order chi connectivity index (χ1) is 24.3. The molecule has 2 aliphatic rings. The van der Waals surface area contributed by atoms with Gasteiger partial charge in [0.25, 0.3) is 0 Å². The minimum absolute atomic E-state index is 0.927. The number of nitrogens with one attached hydrogen (secondary N) is 1. The quantitative estimate of drug-likeness (QED) is 0.209. The van der Waals surface area contributed by atoms with E-state index in [0.717, 1.165) is 99.1 Å². The normalized spacial score (nSPS) is 12.4. The molecular weight excluding hydrogens is 597 g/mol. The van der Waals surface area contributed by atoms with Gasteiger partial charge in [0.1, 0.15) is 0 Å². The third kappa shape index (κ3) is 3.77. The highest BCUT2D eigenvalue weighted by molar-refractivity contribution is 6.18. The van der Waals surface area contributed by atoms with Crippen molar-refractivity contribution in [1.29, 1.82) is 0 Å². The van der Waals surface area contributed by atoms with Gasteiger partial charge in [-0.25, -0.2) is 15.0 Å². The summed E-state index contributed by atoms with van der Waals surface area (Å²) in [5, 5.41) is 7.75. The molecule has 9 aromatic rings. The second-order valence-electron chi connectivity index (χ2n) is 12.8. The summed E-state index contributed by atoms with van der Waals surface area (Å²) in [4.78, 5) is 19.6. The Morgan fingerprint density at radius 1 is 0.449 bits per heavy atom. The first-order valence-corrected chi connectivity index (χ1v) is 16.6. The maximum atomic E-state index is 5.26. The van der Waals surface area contributed by atoms with Gasteiger partial charge in [0.2, 0.25) is 0 Å². The van der Waals surface area contributed by atoms with E-state index in [1.807, 2.05) is 0 Å². The van der Waals surface area contributed by atoms with E-state index in [9.17, 15) is 0 Å². The molecule has 0 amide bonds. The van der Waals surface area contributed by atoms with E-state index in [2.05, 4.69) is 157 Å². The minimum atomic E-state index is 0.927. The molecule has 0 atom stereocenters. The van der Waals surface area contributed by atoms with Crippen molar-refractivity contribution in [3.05, 3.63) is 173 Å². The molecule has 2 aromatic heterocycles. The zero-order valence-electron chi connectivity index (χ0n) is 26.3. The van der Waals surface area contributed by atoms with Gasteiger partial charge >= 0.3 is 0 Å². The molecule has 0 fully saturated rings. The van der Waals surface area contributed by atoms with Gasteiger partial charge < -0.3 is 4.98 Å². The molecule has 0 bridgehead atoms. The Kier molecular flexibility index (Phi) is 5.35. The molecule has 0 radical (unpaired) electrons. The SMILES string of the molecule is c1ccc(-c2ccc3c(c2-c2c(-c4ccc5ccccc5n4)ccc4c2[nH]c2ccccc24)-c2c4c(ccc2=N3)=c2ccccc2=N4)cc1. The molecule has 4 heterocycles. The van der Waals surface area contributed by atoms with Crippen LogP contribution in [0.1, 0.15) is 0 Å². The second-order valence-corrected chi connectivity index (χ2v) is 12.8. The molecule has 0 saturated heterocycles. The average Bonchev–Trinajstić information content (AvgIpc) is 3.85. The smallest absolute Gasteiger partial charge is 0.0817 e. The molecule has 0 unspecified atom stereocenters. The average molecular weight is 623 g/mol. The summed E-state index contributed by atoms with van der Waals surface area (Å²) in [6, 6.07) is 53.6. The second kappa shape index (κ2) is 9.93. The first-order valence-electron chi connectivity index (χ1n) is 16.6. The van der Waals surface area contributed by atoms with Crippen molar-refractivity contribution in [1.82, 2.24) is 9.97 Å². The van der Waals surface area contributed by atoms with Gasteiger partial charge in [0.05, 0.1) is 38.8 Å². The van der Waals surface area contributed by atoms with Crippen LogP contribution in [-0.4, -0.2) is 9.97 Å². The summed E-state index contributed by atoms with van der Waals surface area (Å²) in [5.74, 6) is 0. The number of benzene rings is 7. The highest BCUT2D eigenvalue weighted by atomic mass is 14.8. The van der Waals surface area contributed by atoms with Crippen LogP contribution < -0.4 is 10.7 Å². The van der Waals surface area contributed by atoms with Gasteiger partial charge in [0.15, 0.2) is 0 Å².